The number of benzene rings is 7. The molecular formula is C104H133NO22. The molecule has 0 radical (unpaired) electrons. The van der Waals surface area contributed by atoms with E-state index >= 15 is 14.4 Å². The molecule has 23 heteroatoms. The summed E-state index contributed by atoms with van der Waals surface area (Å²) < 4.78 is 115. The zero-order chi connectivity index (χ0) is 90.5. The molecule has 5 aliphatic heterocycles. The summed E-state index contributed by atoms with van der Waals surface area (Å²) in [5.74, 6) is -7.22. The Kier molecular flexibility index (Phi) is 35.3. The van der Waals surface area contributed by atoms with Gasteiger partial charge in [-0.1, -0.05) is 295 Å². The first-order chi connectivity index (χ1) is 61.3. The van der Waals surface area contributed by atoms with Crippen molar-refractivity contribution in [2.24, 2.45) is 65.1 Å². The Morgan fingerprint density at radius 1 is 0.299 bits per heavy atom. The molecule has 0 saturated carbocycles. The SMILES string of the molecule is CC[C@@H](C)C1O[C@H](OC2C(OC(=O)c3ccccc3)[C@@H](O[C@@H]3C(OC(=O)c4ccccc4)[C@@H](OC4C(OC(=O)c5ccccc5)[C@@H](O[C@@H]5C(OC(=O)c6ccccc6)[C@@H](OCCCN(Cc6ccccc6)C(=O)OCc6ccccc6)OC([C@H](C)CC)[C@H]5C)O[C@@H]([C@H](C)CC)[C@H]4C)OC([C@H](C)CC)[C@H]3C)O[C@@H]([C@H](C)CC)[C@H]2C)C(OC(=O)c2ccccc2)[C@@H](C)[C@@H]1C. The number of ether oxygens (including phenoxy) is 16. The third-order valence-electron chi connectivity index (χ3n) is 27.1. The van der Waals surface area contributed by atoms with Crippen molar-refractivity contribution in [3.05, 3.63) is 251 Å². The highest BCUT2D eigenvalue weighted by Gasteiger charge is 2.61. The second kappa shape index (κ2) is 46.3. The number of hydrogen-bond acceptors (Lipinski definition) is 22. The smallest absolute Gasteiger partial charge is 0.410 e. The van der Waals surface area contributed by atoms with Gasteiger partial charge in [-0.25, -0.2) is 28.8 Å². The van der Waals surface area contributed by atoms with E-state index in [2.05, 4.69) is 76.2 Å². The Hall–Kier alpha value is -9.24. The van der Waals surface area contributed by atoms with Crippen LogP contribution < -0.4 is 0 Å². The van der Waals surface area contributed by atoms with Gasteiger partial charge in [0.15, 0.2) is 62.0 Å². The monoisotopic (exact) mass is 1750 g/mol. The first kappa shape index (κ1) is 96.8. The average molecular weight is 1750 g/mol. The van der Waals surface area contributed by atoms with Crippen molar-refractivity contribution in [3.8, 4) is 0 Å². The summed E-state index contributed by atoms with van der Waals surface area (Å²) in [6.07, 6.45) is -18.8. The Balaban J connectivity index is 0.956. The van der Waals surface area contributed by atoms with E-state index in [0.29, 0.717) is 31.2 Å². The highest BCUT2D eigenvalue weighted by Crippen LogP contribution is 2.48. The molecule has 686 valence electrons. The van der Waals surface area contributed by atoms with Gasteiger partial charge in [-0.3, -0.25) is 0 Å². The molecule has 10 unspecified atom stereocenters. The number of amides is 1. The zero-order valence-corrected chi connectivity index (χ0v) is 76.5. The largest absolute Gasteiger partial charge is 0.453 e. The highest BCUT2D eigenvalue weighted by atomic mass is 16.8. The molecule has 0 N–H and O–H groups in total. The first-order valence-electron chi connectivity index (χ1n) is 46.1. The minimum atomic E-state index is -1.58. The molecule has 5 fully saturated rings. The predicted octanol–water partition coefficient (Wildman–Crippen LogP) is 19.6. The molecule has 0 spiro atoms. The molecule has 0 aromatic heterocycles. The molecule has 5 saturated heterocycles. The number of esters is 5. The minimum absolute atomic E-state index is 0.00864. The van der Waals surface area contributed by atoms with Crippen LogP contribution >= 0.6 is 0 Å². The van der Waals surface area contributed by atoms with Crippen LogP contribution in [0.15, 0.2) is 212 Å². The van der Waals surface area contributed by atoms with Gasteiger partial charge in [-0.15, -0.1) is 0 Å². The van der Waals surface area contributed by atoms with Gasteiger partial charge in [0.1, 0.15) is 31.0 Å². The quantitative estimate of drug-likeness (QED) is 0.0199. The van der Waals surface area contributed by atoms with Gasteiger partial charge in [0, 0.05) is 42.7 Å². The first-order valence-corrected chi connectivity index (χ1v) is 46.1. The van der Waals surface area contributed by atoms with Crippen molar-refractivity contribution < 1.29 is 105 Å². The molecule has 7 aromatic rings. The van der Waals surface area contributed by atoms with Crippen molar-refractivity contribution in [2.75, 3.05) is 13.2 Å². The van der Waals surface area contributed by atoms with Gasteiger partial charge < -0.3 is 80.7 Å². The third kappa shape index (κ3) is 24.1. The normalized spacial score (nSPS) is 30.8. The van der Waals surface area contributed by atoms with Crippen LogP contribution in [0.25, 0.3) is 0 Å². The van der Waals surface area contributed by atoms with E-state index in [1.54, 1.807) is 150 Å². The summed E-state index contributed by atoms with van der Waals surface area (Å²) in [4.78, 5) is 91.5. The number of hydrogen-bond donors (Lipinski definition) is 0. The predicted molar refractivity (Wildman–Crippen MR) is 477 cm³/mol. The lowest BCUT2D eigenvalue weighted by molar-refractivity contribution is -0.386. The van der Waals surface area contributed by atoms with Crippen LogP contribution in [-0.2, 0) is 88.9 Å². The van der Waals surface area contributed by atoms with E-state index < -0.39 is 170 Å². The second-order valence-electron chi connectivity index (χ2n) is 35.7. The number of nitrogens with zero attached hydrogens (tertiary/aromatic N) is 1. The molecule has 127 heavy (non-hydrogen) atoms. The van der Waals surface area contributed by atoms with Crippen molar-refractivity contribution in [1.82, 2.24) is 4.90 Å². The summed E-state index contributed by atoms with van der Waals surface area (Å²) >= 11 is 0. The fraction of sp³-hybridized carbons (Fsp3) is 0.538. The lowest BCUT2D eigenvalue weighted by Crippen LogP contribution is -2.66. The van der Waals surface area contributed by atoms with Gasteiger partial charge in [0.05, 0.1) is 64.9 Å². The van der Waals surface area contributed by atoms with E-state index in [1.165, 1.54) is 0 Å². The summed E-state index contributed by atoms with van der Waals surface area (Å²) in [5.41, 5.74) is 2.95. The van der Waals surface area contributed by atoms with Crippen LogP contribution in [-0.4, -0.2) is 171 Å². The van der Waals surface area contributed by atoms with Crippen LogP contribution in [0.1, 0.15) is 212 Å². The molecule has 7 aromatic carbocycles. The Morgan fingerprint density at radius 2 is 0.543 bits per heavy atom. The molecule has 5 aliphatic rings. The molecule has 1 amide bonds. The van der Waals surface area contributed by atoms with Crippen molar-refractivity contribution in [3.63, 3.8) is 0 Å². The average Bonchev–Trinajstić information content (AvgIpc) is 0.753. The van der Waals surface area contributed by atoms with Gasteiger partial charge in [0.2, 0.25) is 0 Å². The fourth-order valence-corrected chi connectivity index (χ4v) is 18.4. The number of carbonyl (C=O) groups excluding carboxylic acids is 6. The molecule has 0 aliphatic carbocycles. The van der Waals surface area contributed by atoms with Crippen molar-refractivity contribution >= 4 is 35.9 Å². The van der Waals surface area contributed by atoms with Crippen LogP contribution in [0.2, 0.25) is 0 Å². The molecule has 12 rings (SSSR count). The summed E-state index contributed by atoms with van der Waals surface area (Å²) in [6.45, 7) is 33.3. The summed E-state index contributed by atoms with van der Waals surface area (Å²) in [6, 6.07) is 62.2. The topological polar surface area (TPSA) is 253 Å². The fourth-order valence-electron chi connectivity index (χ4n) is 18.4. The zero-order valence-electron chi connectivity index (χ0n) is 76.5. The molecule has 5 heterocycles. The van der Waals surface area contributed by atoms with Gasteiger partial charge in [-0.2, -0.15) is 0 Å². The Morgan fingerprint density at radius 3 is 0.835 bits per heavy atom. The van der Waals surface area contributed by atoms with Crippen LogP contribution in [0.5, 0.6) is 0 Å². The highest BCUT2D eigenvalue weighted by molar-refractivity contribution is 5.91. The van der Waals surface area contributed by atoms with Gasteiger partial charge in [0.25, 0.3) is 0 Å². The standard InChI is InChI=1S/C104H133NO22/c1-17-62(6)80-67(11)68(12)89(114-94(106)75-48-33-24-34-49-75)100(120-80)124-86-70(14)82(64(8)19-3)122-102(91(86)116-96(108)77-52-37-26-38-53-77)126-88-72(16)84(66(10)21-5)123-103(93(88)118-98(110)79-56-41-28-42-57-79)127-87-71(15)83(65(9)20-4)121-101(92(87)117-97(109)78-54-39-27-40-55-78)125-85-69(13)81(63(7)18-2)119-99(90(85)115-95(107)76-50-35-25-36-51-76)112-59-43-58-105(60-73-44-29-22-30-45-73)104(111)113-61-74-46-31-23-32-47-74/h22-42,44-57,62-72,80-93,99-103H,17-21,43,58-61H2,1-16H3/t62-,63-,64-,65-,66-,67+,68+,69-,70-,71-,72-,80?,81?,82+,83+,84?,85+,86?,87?,88+,89?,90?,91?,92?,93?,99+,100-,101-,102-,103-/m1/s1. The molecular weight excluding hydrogens is 1620 g/mol. The lowest BCUT2D eigenvalue weighted by atomic mass is 9.78. The Labute approximate surface area is 750 Å². The van der Waals surface area contributed by atoms with Gasteiger partial charge >= 0.3 is 35.9 Å². The van der Waals surface area contributed by atoms with Crippen LogP contribution in [0.4, 0.5) is 4.79 Å². The Bertz CT molecular complexity index is 4540. The van der Waals surface area contributed by atoms with Gasteiger partial charge in [-0.05, 0) is 114 Å². The van der Waals surface area contributed by atoms with Crippen molar-refractivity contribution in [1.29, 1.82) is 0 Å². The maximum absolute atomic E-state index is 15.5. The van der Waals surface area contributed by atoms with Crippen molar-refractivity contribution in [2.45, 2.75) is 279 Å². The van der Waals surface area contributed by atoms with Crippen LogP contribution in [0.3, 0.4) is 0 Å². The number of carbonyl (C=O) groups is 6. The second-order valence-corrected chi connectivity index (χ2v) is 35.7. The summed E-state index contributed by atoms with van der Waals surface area (Å²) in [5, 5.41) is 0. The third-order valence-corrected chi connectivity index (χ3v) is 27.1. The summed E-state index contributed by atoms with van der Waals surface area (Å²) in [7, 11) is 0. The maximum atomic E-state index is 15.5. The van der Waals surface area contributed by atoms with E-state index in [1.807, 2.05) is 101 Å². The van der Waals surface area contributed by atoms with E-state index in [4.69, 9.17) is 75.8 Å². The van der Waals surface area contributed by atoms with E-state index in [0.717, 1.165) is 17.5 Å². The molecule has 30 atom stereocenters. The molecule has 23 nitrogen and oxygen atoms in total. The van der Waals surface area contributed by atoms with E-state index in [-0.39, 0.29) is 103 Å². The maximum Gasteiger partial charge on any atom is 0.410 e. The molecule has 0 bridgehead atoms. The van der Waals surface area contributed by atoms with Crippen LogP contribution in [0, 0.1) is 65.1 Å². The lowest BCUT2D eigenvalue weighted by Gasteiger charge is -2.53. The minimum Gasteiger partial charge on any atom is -0.453 e. The van der Waals surface area contributed by atoms with E-state index in [9.17, 15) is 14.4 Å². The number of rotatable bonds is 37.